The molecule has 1 nitrogen and oxygen atoms in total. The van der Waals surface area contributed by atoms with E-state index < -0.39 is 0 Å². The van der Waals surface area contributed by atoms with Crippen LogP contribution in [-0.4, -0.2) is 10.5 Å². The van der Waals surface area contributed by atoms with Gasteiger partial charge in [-0.25, -0.2) is 0 Å². The maximum absolute atomic E-state index is 5.97. The molecule has 0 heterocycles. The average Bonchev–Trinajstić information content (AvgIpc) is 2.27. The summed E-state index contributed by atoms with van der Waals surface area (Å²) in [5, 5.41) is 0. The zero-order valence-corrected chi connectivity index (χ0v) is 11.8. The van der Waals surface area contributed by atoms with Crippen molar-refractivity contribution in [1.29, 1.82) is 0 Å². The van der Waals surface area contributed by atoms with Gasteiger partial charge in [-0.1, -0.05) is 59.3 Å². The van der Waals surface area contributed by atoms with Gasteiger partial charge in [0, 0.05) is 4.43 Å². The molecule has 0 bridgehead atoms. The van der Waals surface area contributed by atoms with Crippen molar-refractivity contribution in [2.45, 2.75) is 39.4 Å². The van der Waals surface area contributed by atoms with Gasteiger partial charge in [0.1, 0.15) is 0 Å². The summed E-state index contributed by atoms with van der Waals surface area (Å²) in [5.41, 5.74) is 2.59. The molecule has 0 saturated heterocycles. The summed E-state index contributed by atoms with van der Waals surface area (Å²) in [6, 6.07) is 8.63. The zero-order chi connectivity index (χ0) is 11.3. The number of benzene rings is 1. The molecule has 2 unspecified atom stereocenters. The van der Waals surface area contributed by atoms with Gasteiger partial charge in [-0.2, -0.15) is 0 Å². The van der Waals surface area contributed by atoms with Crippen molar-refractivity contribution in [2.75, 3.05) is 4.43 Å². The second-order valence-electron chi connectivity index (χ2n) is 3.91. The largest absolute Gasteiger partial charge is 0.370 e. The van der Waals surface area contributed by atoms with E-state index >= 15 is 0 Å². The highest BCUT2D eigenvalue weighted by Crippen LogP contribution is 2.22. The molecule has 0 N–H and O–H groups in total. The van der Waals surface area contributed by atoms with Gasteiger partial charge >= 0.3 is 0 Å². The van der Waals surface area contributed by atoms with Crippen LogP contribution < -0.4 is 0 Å². The molecule has 0 aliphatic rings. The van der Waals surface area contributed by atoms with E-state index in [1.807, 2.05) is 0 Å². The van der Waals surface area contributed by atoms with Gasteiger partial charge in [0.05, 0.1) is 12.2 Å². The second kappa shape index (κ2) is 6.48. The van der Waals surface area contributed by atoms with Crippen molar-refractivity contribution < 1.29 is 4.74 Å². The van der Waals surface area contributed by atoms with Crippen LogP contribution in [0, 0.1) is 6.92 Å². The van der Waals surface area contributed by atoms with E-state index in [1.54, 1.807) is 0 Å². The van der Waals surface area contributed by atoms with E-state index in [4.69, 9.17) is 4.74 Å². The number of halogens is 1. The predicted octanol–water partition coefficient (Wildman–Crippen LogP) is 4.29. The molecule has 1 aromatic carbocycles. The van der Waals surface area contributed by atoms with E-state index in [2.05, 4.69) is 67.6 Å². The SMILES string of the molecule is CCC(C)OC(CI)c1ccc(C)cc1. The molecule has 0 aliphatic heterocycles. The molecule has 2 heteroatoms. The van der Waals surface area contributed by atoms with Crippen molar-refractivity contribution in [3.8, 4) is 0 Å². The van der Waals surface area contributed by atoms with Crippen LogP contribution in [0.15, 0.2) is 24.3 Å². The molecule has 0 spiro atoms. The molecule has 1 rings (SSSR count). The minimum Gasteiger partial charge on any atom is -0.370 e. The standard InChI is InChI=1S/C13H19IO/c1-4-11(3)15-13(9-14)12-7-5-10(2)6-8-12/h5-8,11,13H,4,9H2,1-3H3. The van der Waals surface area contributed by atoms with Crippen LogP contribution in [0.1, 0.15) is 37.5 Å². The van der Waals surface area contributed by atoms with E-state index in [1.165, 1.54) is 11.1 Å². The summed E-state index contributed by atoms with van der Waals surface area (Å²) >= 11 is 2.39. The van der Waals surface area contributed by atoms with Gasteiger partial charge in [-0.05, 0) is 25.8 Å². The van der Waals surface area contributed by atoms with E-state index in [0.29, 0.717) is 6.10 Å². The first-order chi connectivity index (χ1) is 7.17. The Hall–Kier alpha value is -0.0900. The Bertz CT molecular complexity index is 281. The van der Waals surface area contributed by atoms with E-state index in [0.717, 1.165) is 10.8 Å². The topological polar surface area (TPSA) is 9.23 Å². The van der Waals surface area contributed by atoms with Crippen molar-refractivity contribution in [2.24, 2.45) is 0 Å². The van der Waals surface area contributed by atoms with E-state index in [-0.39, 0.29) is 6.10 Å². The maximum Gasteiger partial charge on any atom is 0.0917 e. The van der Waals surface area contributed by atoms with Crippen LogP contribution in [-0.2, 0) is 4.74 Å². The third-order valence-corrected chi connectivity index (χ3v) is 3.36. The highest BCUT2D eigenvalue weighted by atomic mass is 127. The molecule has 0 aromatic heterocycles. The number of ether oxygens (including phenoxy) is 1. The predicted molar refractivity (Wildman–Crippen MR) is 73.6 cm³/mol. The Balaban J connectivity index is 2.69. The van der Waals surface area contributed by atoms with Gasteiger partial charge in [0.25, 0.3) is 0 Å². The van der Waals surface area contributed by atoms with Crippen LogP contribution in [0.2, 0.25) is 0 Å². The third-order valence-electron chi connectivity index (χ3n) is 2.56. The van der Waals surface area contributed by atoms with Crippen molar-refractivity contribution in [3.05, 3.63) is 35.4 Å². The first-order valence-electron chi connectivity index (χ1n) is 5.45. The van der Waals surface area contributed by atoms with Crippen molar-refractivity contribution in [1.82, 2.24) is 0 Å². The minimum atomic E-state index is 0.237. The van der Waals surface area contributed by atoms with Crippen LogP contribution in [0.3, 0.4) is 0 Å². The lowest BCUT2D eigenvalue weighted by molar-refractivity contribution is 0.00978. The Labute approximate surface area is 106 Å². The van der Waals surface area contributed by atoms with E-state index in [9.17, 15) is 0 Å². The summed E-state index contributed by atoms with van der Waals surface area (Å²) in [7, 11) is 0. The van der Waals surface area contributed by atoms with Crippen LogP contribution in [0.25, 0.3) is 0 Å². The molecule has 1 aromatic rings. The molecular weight excluding hydrogens is 299 g/mol. The lowest BCUT2D eigenvalue weighted by atomic mass is 10.1. The summed E-state index contributed by atoms with van der Waals surface area (Å²) < 4.78 is 6.97. The zero-order valence-electron chi connectivity index (χ0n) is 9.66. The summed E-state index contributed by atoms with van der Waals surface area (Å²) in [4.78, 5) is 0. The van der Waals surface area contributed by atoms with Gasteiger partial charge in [0.15, 0.2) is 0 Å². The molecule has 15 heavy (non-hydrogen) atoms. The quantitative estimate of drug-likeness (QED) is 0.581. The lowest BCUT2D eigenvalue weighted by Crippen LogP contribution is -2.13. The average molecular weight is 318 g/mol. The highest BCUT2D eigenvalue weighted by molar-refractivity contribution is 14.1. The normalized spacial score (nSPS) is 14.9. The smallest absolute Gasteiger partial charge is 0.0917 e. The summed E-state index contributed by atoms with van der Waals surface area (Å²) in [5.74, 6) is 0. The first kappa shape index (κ1) is 13.0. The van der Waals surface area contributed by atoms with Crippen molar-refractivity contribution in [3.63, 3.8) is 0 Å². The number of alkyl halides is 1. The van der Waals surface area contributed by atoms with Crippen LogP contribution in [0.4, 0.5) is 0 Å². The molecule has 0 saturated carbocycles. The van der Waals surface area contributed by atoms with Crippen LogP contribution in [0.5, 0.6) is 0 Å². The minimum absolute atomic E-state index is 0.237. The highest BCUT2D eigenvalue weighted by Gasteiger charge is 2.12. The number of rotatable bonds is 5. The first-order valence-corrected chi connectivity index (χ1v) is 6.98. The van der Waals surface area contributed by atoms with Gasteiger partial charge < -0.3 is 4.74 Å². The summed E-state index contributed by atoms with van der Waals surface area (Å²) in [6.45, 7) is 6.40. The summed E-state index contributed by atoms with van der Waals surface area (Å²) in [6.07, 6.45) is 1.64. The van der Waals surface area contributed by atoms with Crippen LogP contribution >= 0.6 is 22.6 Å². The number of hydrogen-bond acceptors (Lipinski definition) is 1. The van der Waals surface area contributed by atoms with Gasteiger partial charge in [-0.3, -0.25) is 0 Å². The Morgan fingerprint density at radius 2 is 1.87 bits per heavy atom. The van der Waals surface area contributed by atoms with Crippen molar-refractivity contribution >= 4 is 22.6 Å². The molecule has 2 atom stereocenters. The third kappa shape index (κ3) is 4.11. The molecule has 0 aliphatic carbocycles. The molecule has 84 valence electrons. The van der Waals surface area contributed by atoms with Gasteiger partial charge in [-0.15, -0.1) is 0 Å². The number of aryl methyl sites for hydroxylation is 1. The molecule has 0 amide bonds. The Morgan fingerprint density at radius 1 is 1.27 bits per heavy atom. The monoisotopic (exact) mass is 318 g/mol. The fourth-order valence-corrected chi connectivity index (χ4v) is 2.08. The molecule has 0 radical (unpaired) electrons. The second-order valence-corrected chi connectivity index (χ2v) is 4.79. The lowest BCUT2D eigenvalue weighted by Gasteiger charge is -2.20. The van der Waals surface area contributed by atoms with Gasteiger partial charge in [0.2, 0.25) is 0 Å². The number of hydrogen-bond donors (Lipinski definition) is 0. The Kier molecular flexibility index (Phi) is 5.61. The fraction of sp³-hybridized carbons (Fsp3) is 0.538. The maximum atomic E-state index is 5.97. The molecular formula is C13H19IO. The Morgan fingerprint density at radius 3 is 2.33 bits per heavy atom. The fourth-order valence-electron chi connectivity index (χ4n) is 1.36. The molecule has 0 fully saturated rings.